The van der Waals surface area contributed by atoms with Gasteiger partial charge in [0.25, 0.3) is 5.69 Å². The summed E-state index contributed by atoms with van der Waals surface area (Å²) >= 11 is 0. The van der Waals surface area contributed by atoms with E-state index in [4.69, 9.17) is 4.74 Å². The van der Waals surface area contributed by atoms with Crippen molar-refractivity contribution >= 4 is 17.6 Å². The lowest BCUT2D eigenvalue weighted by Gasteiger charge is -2.37. The molecule has 0 saturated heterocycles. The Labute approximate surface area is 180 Å². The van der Waals surface area contributed by atoms with Gasteiger partial charge >= 0.3 is 5.97 Å². The van der Waals surface area contributed by atoms with Gasteiger partial charge in [-0.1, -0.05) is 43.5 Å². The molecule has 8 heteroatoms. The highest BCUT2D eigenvalue weighted by Gasteiger charge is 2.42. The van der Waals surface area contributed by atoms with Crippen LogP contribution < -0.4 is 10.1 Å². The smallest absolute Gasteiger partial charge is 0.326 e. The van der Waals surface area contributed by atoms with Gasteiger partial charge in [0.1, 0.15) is 11.8 Å². The Hall–Kier alpha value is -3.42. The third-order valence-corrected chi connectivity index (χ3v) is 5.97. The van der Waals surface area contributed by atoms with E-state index in [0.29, 0.717) is 24.2 Å². The van der Waals surface area contributed by atoms with E-state index in [-0.39, 0.29) is 18.0 Å². The van der Waals surface area contributed by atoms with Crippen LogP contribution in [0.2, 0.25) is 0 Å². The zero-order valence-electron chi connectivity index (χ0n) is 17.4. The molecule has 1 aliphatic rings. The Bertz CT molecular complexity index is 934. The summed E-state index contributed by atoms with van der Waals surface area (Å²) in [4.78, 5) is 35.6. The minimum atomic E-state index is -1.15. The summed E-state index contributed by atoms with van der Waals surface area (Å²) in [5.41, 5.74) is 0.596. The van der Waals surface area contributed by atoms with Gasteiger partial charge in [-0.25, -0.2) is 4.79 Å². The number of methoxy groups -OCH3 is 1. The highest BCUT2D eigenvalue weighted by atomic mass is 16.6. The lowest BCUT2D eigenvalue weighted by atomic mass is 9.68. The van der Waals surface area contributed by atoms with Gasteiger partial charge in [0.15, 0.2) is 0 Å². The fourth-order valence-electron chi connectivity index (χ4n) is 4.20. The van der Waals surface area contributed by atoms with Crippen LogP contribution in [0.4, 0.5) is 5.69 Å². The normalized spacial score (nSPS) is 16.2. The number of rotatable bonds is 8. The van der Waals surface area contributed by atoms with E-state index in [2.05, 4.69) is 5.32 Å². The molecule has 0 heterocycles. The van der Waals surface area contributed by atoms with Gasteiger partial charge in [-0.15, -0.1) is 0 Å². The van der Waals surface area contributed by atoms with E-state index in [1.807, 2.05) is 24.3 Å². The first-order valence-electron chi connectivity index (χ1n) is 10.3. The molecule has 1 saturated carbocycles. The molecule has 3 rings (SSSR count). The minimum Gasteiger partial charge on any atom is -0.497 e. The van der Waals surface area contributed by atoms with Crippen LogP contribution in [-0.2, 0) is 21.4 Å². The zero-order valence-corrected chi connectivity index (χ0v) is 17.4. The van der Waals surface area contributed by atoms with Gasteiger partial charge in [-0.05, 0) is 36.1 Å². The fourth-order valence-corrected chi connectivity index (χ4v) is 4.20. The van der Waals surface area contributed by atoms with Gasteiger partial charge in [0.05, 0.1) is 17.4 Å². The van der Waals surface area contributed by atoms with Crippen LogP contribution in [-0.4, -0.2) is 35.1 Å². The lowest BCUT2D eigenvalue weighted by molar-refractivity contribution is -0.384. The predicted molar refractivity (Wildman–Crippen MR) is 114 cm³/mol. The molecule has 0 aliphatic heterocycles. The Morgan fingerprint density at radius 3 is 2.23 bits per heavy atom. The molecule has 0 spiro atoms. The van der Waals surface area contributed by atoms with Gasteiger partial charge in [-0.2, -0.15) is 0 Å². The molecule has 31 heavy (non-hydrogen) atoms. The number of carbonyl (C=O) groups excluding carboxylic acids is 1. The summed E-state index contributed by atoms with van der Waals surface area (Å²) in [6.45, 7) is 0. The second-order valence-corrected chi connectivity index (χ2v) is 7.86. The van der Waals surface area contributed by atoms with Gasteiger partial charge < -0.3 is 15.2 Å². The molecule has 2 aromatic carbocycles. The molecule has 164 valence electrons. The molecule has 2 aromatic rings. The second kappa shape index (κ2) is 9.59. The number of hydrogen-bond acceptors (Lipinski definition) is 5. The molecule has 0 unspecified atom stereocenters. The van der Waals surface area contributed by atoms with E-state index < -0.39 is 22.3 Å². The number of non-ortho nitro benzene ring substituents is 1. The maximum Gasteiger partial charge on any atom is 0.326 e. The summed E-state index contributed by atoms with van der Waals surface area (Å²) < 4.78 is 5.22. The Kier molecular flexibility index (Phi) is 6.89. The highest BCUT2D eigenvalue weighted by molar-refractivity contribution is 5.91. The summed E-state index contributed by atoms with van der Waals surface area (Å²) in [6, 6.07) is 11.9. The van der Waals surface area contributed by atoms with E-state index in [0.717, 1.165) is 24.8 Å². The number of ether oxygens (including phenoxy) is 1. The van der Waals surface area contributed by atoms with E-state index in [1.165, 1.54) is 24.3 Å². The van der Waals surface area contributed by atoms with Gasteiger partial charge in [0.2, 0.25) is 5.91 Å². The summed E-state index contributed by atoms with van der Waals surface area (Å²) in [7, 11) is 1.58. The van der Waals surface area contributed by atoms with Crippen molar-refractivity contribution in [1.82, 2.24) is 5.32 Å². The molecule has 1 aliphatic carbocycles. The van der Waals surface area contributed by atoms with Crippen LogP contribution >= 0.6 is 0 Å². The van der Waals surface area contributed by atoms with Crippen LogP contribution in [0.5, 0.6) is 5.75 Å². The first-order valence-corrected chi connectivity index (χ1v) is 10.3. The number of aliphatic carboxylic acids is 1. The molecule has 0 radical (unpaired) electrons. The van der Waals surface area contributed by atoms with Crippen LogP contribution in [0.1, 0.15) is 43.2 Å². The number of carboxylic acids is 1. The number of hydrogen-bond donors (Lipinski definition) is 2. The second-order valence-electron chi connectivity index (χ2n) is 7.86. The number of amides is 1. The Morgan fingerprint density at radius 2 is 1.71 bits per heavy atom. The molecule has 8 nitrogen and oxygen atoms in total. The van der Waals surface area contributed by atoms with Crippen molar-refractivity contribution < 1.29 is 24.4 Å². The number of nitro groups is 1. The fraction of sp³-hybridized carbons (Fsp3) is 0.391. The average Bonchev–Trinajstić information content (AvgIpc) is 2.79. The van der Waals surface area contributed by atoms with Crippen molar-refractivity contribution in [3.63, 3.8) is 0 Å². The summed E-state index contributed by atoms with van der Waals surface area (Å²) in [5.74, 6) is -0.754. The van der Waals surface area contributed by atoms with E-state index >= 15 is 0 Å². The van der Waals surface area contributed by atoms with Crippen molar-refractivity contribution in [2.24, 2.45) is 0 Å². The number of carbonyl (C=O) groups is 2. The van der Waals surface area contributed by atoms with Gasteiger partial charge in [0, 0.05) is 18.6 Å². The van der Waals surface area contributed by atoms with Gasteiger partial charge in [-0.3, -0.25) is 14.9 Å². The molecular formula is C23H26N2O6. The third kappa shape index (κ3) is 5.02. The zero-order chi connectivity index (χ0) is 22.4. The molecule has 2 N–H and O–H groups in total. The molecule has 1 amide bonds. The molecule has 1 fully saturated rings. The quantitative estimate of drug-likeness (QED) is 0.492. The monoisotopic (exact) mass is 426 g/mol. The number of nitro benzene ring substituents is 1. The minimum absolute atomic E-state index is 0.0394. The van der Waals surface area contributed by atoms with Crippen LogP contribution in [0.25, 0.3) is 0 Å². The molecule has 0 bridgehead atoms. The number of nitrogens with one attached hydrogen (secondary N) is 1. The molecule has 0 aromatic heterocycles. The number of carboxylic acid groups (broad SMARTS) is 1. The average molecular weight is 426 g/mol. The van der Waals surface area contributed by atoms with E-state index in [1.54, 1.807) is 7.11 Å². The van der Waals surface area contributed by atoms with Crippen molar-refractivity contribution in [2.45, 2.75) is 50.0 Å². The van der Waals surface area contributed by atoms with Crippen LogP contribution in [0.3, 0.4) is 0 Å². The first kappa shape index (κ1) is 22.3. The van der Waals surface area contributed by atoms with Crippen LogP contribution in [0.15, 0.2) is 48.5 Å². The maximum atomic E-state index is 13.4. The third-order valence-electron chi connectivity index (χ3n) is 5.97. The van der Waals surface area contributed by atoms with Crippen LogP contribution in [0, 0.1) is 10.1 Å². The number of nitrogens with zero attached hydrogens (tertiary/aromatic N) is 1. The maximum absolute atomic E-state index is 13.4. The summed E-state index contributed by atoms with van der Waals surface area (Å²) in [5, 5.41) is 23.3. The molecule has 1 atom stereocenters. The van der Waals surface area contributed by atoms with Crippen molar-refractivity contribution in [2.75, 3.05) is 7.11 Å². The topological polar surface area (TPSA) is 119 Å². The SMILES string of the molecule is COc1ccc(C2(C(=O)N[C@@H](Cc3ccc([N+](=O)[O-])cc3)C(=O)O)CCCCC2)cc1. The predicted octanol–water partition coefficient (Wildman–Crippen LogP) is 3.62. The standard InChI is InChI=1S/C23H26N2O6/c1-31-19-11-7-17(8-12-19)23(13-3-2-4-14-23)22(28)24-20(21(26)27)15-16-5-9-18(10-6-16)25(29)30/h5-12,20H,2-4,13-15H2,1H3,(H,24,28)(H,26,27)/t20-/m0/s1. The largest absolute Gasteiger partial charge is 0.497 e. The summed E-state index contributed by atoms with van der Waals surface area (Å²) in [6.07, 6.45) is 4.15. The highest BCUT2D eigenvalue weighted by Crippen LogP contribution is 2.40. The van der Waals surface area contributed by atoms with Crippen molar-refractivity contribution in [3.05, 3.63) is 69.8 Å². The Balaban J connectivity index is 1.82. The van der Waals surface area contributed by atoms with Crippen molar-refractivity contribution in [1.29, 1.82) is 0 Å². The number of benzene rings is 2. The Morgan fingerprint density at radius 1 is 1.10 bits per heavy atom. The first-order chi connectivity index (χ1) is 14.9. The molecular weight excluding hydrogens is 400 g/mol. The lowest BCUT2D eigenvalue weighted by Crippen LogP contribution is -2.52. The van der Waals surface area contributed by atoms with E-state index in [9.17, 15) is 24.8 Å². The van der Waals surface area contributed by atoms with Crippen molar-refractivity contribution in [3.8, 4) is 5.75 Å².